The molecular weight excluding hydrogens is 183 g/mol. The van der Waals surface area contributed by atoms with Crippen LogP contribution in [0.2, 0.25) is 0 Å². The van der Waals surface area contributed by atoms with Gasteiger partial charge in [-0.1, -0.05) is 6.07 Å². The molecule has 0 aliphatic heterocycles. The summed E-state index contributed by atoms with van der Waals surface area (Å²) in [6.45, 7) is 1.26. The Morgan fingerprint density at radius 1 is 1.50 bits per heavy atom. The van der Waals surface area contributed by atoms with Crippen LogP contribution in [0.15, 0.2) is 18.2 Å². The number of hydrogen-bond acceptors (Lipinski definition) is 3. The molecule has 14 heavy (non-hydrogen) atoms. The Balaban J connectivity index is 2.66. The first-order chi connectivity index (χ1) is 6.77. The minimum absolute atomic E-state index is 0.0406. The highest BCUT2D eigenvalue weighted by atomic mass is 19.1. The summed E-state index contributed by atoms with van der Waals surface area (Å²) in [5, 5.41) is 8.56. The summed E-state index contributed by atoms with van der Waals surface area (Å²) in [7, 11) is 0. The summed E-state index contributed by atoms with van der Waals surface area (Å²) in [4.78, 5) is 0. The van der Waals surface area contributed by atoms with E-state index in [2.05, 4.69) is 0 Å². The quantitative estimate of drug-likeness (QED) is 0.732. The van der Waals surface area contributed by atoms with Gasteiger partial charge < -0.3 is 10.5 Å². The lowest BCUT2D eigenvalue weighted by Gasteiger charge is -2.03. The molecule has 0 aliphatic carbocycles. The van der Waals surface area contributed by atoms with Gasteiger partial charge in [0.25, 0.3) is 0 Å². The maximum absolute atomic E-state index is 12.9. The van der Waals surface area contributed by atoms with Crippen molar-refractivity contribution in [3.63, 3.8) is 0 Å². The van der Waals surface area contributed by atoms with Crippen LogP contribution in [-0.2, 0) is 11.3 Å². The molecule has 0 aliphatic rings. The third-order valence-electron chi connectivity index (χ3n) is 1.68. The summed E-state index contributed by atoms with van der Waals surface area (Å²) < 4.78 is 18.0. The fraction of sp³-hybridized carbons (Fsp3) is 0.300. The fourth-order valence-electron chi connectivity index (χ4n) is 1.02. The van der Waals surface area contributed by atoms with E-state index in [1.807, 2.05) is 0 Å². The third-order valence-corrected chi connectivity index (χ3v) is 1.68. The smallest absolute Gasteiger partial charge is 0.140 e. The molecule has 1 rings (SSSR count). The number of halogens is 1. The summed E-state index contributed by atoms with van der Waals surface area (Å²) in [6, 6.07) is 6.10. The average molecular weight is 194 g/mol. The zero-order valence-corrected chi connectivity index (χ0v) is 7.66. The molecule has 1 aromatic carbocycles. The van der Waals surface area contributed by atoms with Gasteiger partial charge in [0.2, 0.25) is 0 Å². The minimum atomic E-state index is -0.505. The van der Waals surface area contributed by atoms with Gasteiger partial charge in [0.1, 0.15) is 11.9 Å². The van der Waals surface area contributed by atoms with Crippen molar-refractivity contribution in [2.45, 2.75) is 6.61 Å². The first-order valence-electron chi connectivity index (χ1n) is 4.24. The Kier molecular flexibility index (Phi) is 4.05. The molecule has 0 atom stereocenters. The lowest BCUT2D eigenvalue weighted by molar-refractivity contribution is 0.128. The van der Waals surface area contributed by atoms with Crippen molar-refractivity contribution in [3.8, 4) is 6.07 Å². The van der Waals surface area contributed by atoms with E-state index < -0.39 is 5.82 Å². The van der Waals surface area contributed by atoms with Gasteiger partial charge in [-0.2, -0.15) is 5.26 Å². The maximum atomic E-state index is 12.9. The Bertz CT molecular complexity index is 346. The number of benzene rings is 1. The highest BCUT2D eigenvalue weighted by Gasteiger charge is 2.02. The lowest BCUT2D eigenvalue weighted by atomic mass is 10.1. The van der Waals surface area contributed by atoms with E-state index in [1.165, 1.54) is 12.1 Å². The first kappa shape index (κ1) is 10.6. The molecule has 0 bridgehead atoms. The van der Waals surface area contributed by atoms with Gasteiger partial charge in [0.15, 0.2) is 0 Å². The van der Waals surface area contributed by atoms with Gasteiger partial charge >= 0.3 is 0 Å². The number of nitrogens with zero attached hydrogens (tertiary/aromatic N) is 1. The number of rotatable bonds is 4. The summed E-state index contributed by atoms with van der Waals surface area (Å²) >= 11 is 0. The molecular formula is C10H11FN2O. The van der Waals surface area contributed by atoms with E-state index in [4.69, 9.17) is 15.7 Å². The van der Waals surface area contributed by atoms with Crippen LogP contribution in [0.3, 0.4) is 0 Å². The number of nitrogens with two attached hydrogens (primary N) is 1. The molecule has 0 fully saturated rings. The Hall–Kier alpha value is -1.44. The maximum Gasteiger partial charge on any atom is 0.140 e. The van der Waals surface area contributed by atoms with Gasteiger partial charge in [-0.05, 0) is 17.7 Å². The van der Waals surface area contributed by atoms with Crippen LogP contribution in [-0.4, -0.2) is 13.2 Å². The van der Waals surface area contributed by atoms with Gasteiger partial charge in [0.05, 0.1) is 18.8 Å². The van der Waals surface area contributed by atoms with Crippen LogP contribution >= 0.6 is 0 Å². The fourth-order valence-corrected chi connectivity index (χ4v) is 1.02. The number of ether oxygens (including phenoxy) is 1. The Labute approximate surface area is 81.9 Å². The van der Waals surface area contributed by atoms with Crippen LogP contribution < -0.4 is 5.73 Å². The summed E-state index contributed by atoms with van der Waals surface area (Å²) in [5.41, 5.74) is 6.05. The number of nitriles is 1. The van der Waals surface area contributed by atoms with E-state index in [9.17, 15) is 4.39 Å². The van der Waals surface area contributed by atoms with E-state index in [1.54, 1.807) is 12.1 Å². The molecule has 0 amide bonds. The topological polar surface area (TPSA) is 59.0 Å². The predicted molar refractivity (Wildman–Crippen MR) is 49.8 cm³/mol. The molecule has 3 nitrogen and oxygen atoms in total. The van der Waals surface area contributed by atoms with Gasteiger partial charge in [-0.15, -0.1) is 0 Å². The average Bonchev–Trinajstić information content (AvgIpc) is 2.21. The highest BCUT2D eigenvalue weighted by Crippen LogP contribution is 2.10. The van der Waals surface area contributed by atoms with Crippen LogP contribution in [0.1, 0.15) is 11.1 Å². The van der Waals surface area contributed by atoms with Crippen molar-refractivity contribution >= 4 is 0 Å². The Morgan fingerprint density at radius 3 is 2.93 bits per heavy atom. The zero-order valence-electron chi connectivity index (χ0n) is 7.66. The van der Waals surface area contributed by atoms with Crippen molar-refractivity contribution in [2.24, 2.45) is 5.73 Å². The molecule has 4 heteroatoms. The Morgan fingerprint density at radius 2 is 2.29 bits per heavy atom. The minimum Gasteiger partial charge on any atom is -0.375 e. The zero-order chi connectivity index (χ0) is 10.4. The van der Waals surface area contributed by atoms with Crippen LogP contribution in [0, 0.1) is 17.1 Å². The monoisotopic (exact) mass is 194 g/mol. The second kappa shape index (κ2) is 5.32. The molecule has 1 aromatic rings. The molecule has 0 aromatic heterocycles. The highest BCUT2D eigenvalue weighted by molar-refractivity contribution is 5.34. The van der Waals surface area contributed by atoms with Gasteiger partial charge in [-0.3, -0.25) is 0 Å². The lowest BCUT2D eigenvalue weighted by Crippen LogP contribution is -2.08. The van der Waals surface area contributed by atoms with E-state index in [0.717, 1.165) is 5.56 Å². The second-order valence-electron chi connectivity index (χ2n) is 2.77. The van der Waals surface area contributed by atoms with E-state index >= 15 is 0 Å². The normalized spacial score (nSPS) is 9.79. The molecule has 74 valence electrons. The number of hydrogen-bond donors (Lipinski definition) is 1. The van der Waals surface area contributed by atoms with Crippen LogP contribution in [0.25, 0.3) is 0 Å². The predicted octanol–water partition coefficient (Wildman–Crippen LogP) is 1.17. The SMILES string of the molecule is N#Cc1cc(COCCN)ccc1F. The molecule has 0 radical (unpaired) electrons. The molecule has 0 saturated carbocycles. The van der Waals surface area contributed by atoms with Crippen LogP contribution in [0.4, 0.5) is 4.39 Å². The van der Waals surface area contributed by atoms with Crippen LogP contribution in [0.5, 0.6) is 0 Å². The van der Waals surface area contributed by atoms with Crippen molar-refractivity contribution in [1.29, 1.82) is 5.26 Å². The van der Waals surface area contributed by atoms with Gasteiger partial charge in [-0.25, -0.2) is 4.39 Å². The van der Waals surface area contributed by atoms with Crippen molar-refractivity contribution in [2.75, 3.05) is 13.2 Å². The second-order valence-corrected chi connectivity index (χ2v) is 2.77. The van der Waals surface area contributed by atoms with Crippen molar-refractivity contribution < 1.29 is 9.13 Å². The van der Waals surface area contributed by atoms with E-state index in [0.29, 0.717) is 19.8 Å². The molecule has 2 N–H and O–H groups in total. The molecule has 0 unspecified atom stereocenters. The third kappa shape index (κ3) is 2.80. The molecule has 0 heterocycles. The van der Waals surface area contributed by atoms with Crippen molar-refractivity contribution in [3.05, 3.63) is 35.1 Å². The molecule has 0 saturated heterocycles. The van der Waals surface area contributed by atoms with E-state index in [-0.39, 0.29) is 5.56 Å². The standard InChI is InChI=1S/C10H11FN2O/c11-10-2-1-8(5-9(10)6-13)7-14-4-3-12/h1-2,5H,3-4,7,12H2. The molecule has 0 spiro atoms. The first-order valence-corrected chi connectivity index (χ1v) is 4.24. The largest absolute Gasteiger partial charge is 0.375 e. The van der Waals surface area contributed by atoms with Gasteiger partial charge in [0, 0.05) is 6.54 Å². The summed E-state index contributed by atoms with van der Waals surface area (Å²) in [6.07, 6.45) is 0. The summed E-state index contributed by atoms with van der Waals surface area (Å²) in [5.74, 6) is -0.505. The van der Waals surface area contributed by atoms with Crippen molar-refractivity contribution in [1.82, 2.24) is 0 Å².